The minimum Gasteiger partial charge on any atom is -0.481 e. The van der Waals surface area contributed by atoms with Crippen LogP contribution in [0.1, 0.15) is 46.0 Å². The molecule has 1 rings (SSSR count). The highest BCUT2D eigenvalue weighted by atomic mass is 16.4. The van der Waals surface area contributed by atoms with Crippen LogP contribution in [0.25, 0.3) is 0 Å². The Morgan fingerprint density at radius 3 is 2.42 bits per heavy atom. The SMILES string of the molecule is CCN(CC)C1CCN(C(=O)CCCCC(=O)O)C1. The van der Waals surface area contributed by atoms with E-state index in [1.165, 1.54) is 0 Å². The maximum Gasteiger partial charge on any atom is 0.303 e. The van der Waals surface area contributed by atoms with Gasteiger partial charge in [-0.3, -0.25) is 14.5 Å². The number of hydrogen-bond donors (Lipinski definition) is 1. The first-order valence-electron chi connectivity index (χ1n) is 7.32. The molecule has 1 aliphatic rings. The number of aliphatic carboxylic acids is 1. The van der Waals surface area contributed by atoms with E-state index in [9.17, 15) is 9.59 Å². The fourth-order valence-corrected chi connectivity index (χ4v) is 2.72. The van der Waals surface area contributed by atoms with Crippen molar-refractivity contribution in [2.45, 2.75) is 52.0 Å². The summed E-state index contributed by atoms with van der Waals surface area (Å²) in [6.45, 7) is 8.04. The van der Waals surface area contributed by atoms with E-state index in [-0.39, 0.29) is 12.3 Å². The zero-order valence-electron chi connectivity index (χ0n) is 12.1. The van der Waals surface area contributed by atoms with Crippen molar-refractivity contribution in [2.24, 2.45) is 0 Å². The van der Waals surface area contributed by atoms with Gasteiger partial charge in [0.1, 0.15) is 0 Å². The third kappa shape index (κ3) is 5.19. The average molecular weight is 270 g/mol. The topological polar surface area (TPSA) is 60.9 Å². The molecule has 0 radical (unpaired) electrons. The maximum absolute atomic E-state index is 12.0. The Labute approximate surface area is 115 Å². The number of likely N-dealkylation sites (tertiary alicyclic amines) is 1. The molecule has 1 fully saturated rings. The highest BCUT2D eigenvalue weighted by Crippen LogP contribution is 2.17. The summed E-state index contributed by atoms with van der Waals surface area (Å²) in [6, 6.07) is 0.498. The Kier molecular flexibility index (Phi) is 6.84. The Morgan fingerprint density at radius 1 is 1.21 bits per heavy atom. The Hall–Kier alpha value is -1.10. The van der Waals surface area contributed by atoms with E-state index in [1.807, 2.05) is 4.90 Å². The molecule has 1 unspecified atom stereocenters. The quantitative estimate of drug-likeness (QED) is 0.680. The fraction of sp³-hybridized carbons (Fsp3) is 0.857. The Balaban J connectivity index is 2.26. The van der Waals surface area contributed by atoms with E-state index in [1.54, 1.807) is 0 Å². The summed E-state index contributed by atoms with van der Waals surface area (Å²) in [6.07, 6.45) is 2.97. The fourth-order valence-electron chi connectivity index (χ4n) is 2.72. The van der Waals surface area contributed by atoms with Crippen LogP contribution in [-0.4, -0.2) is 59.0 Å². The zero-order chi connectivity index (χ0) is 14.3. The van der Waals surface area contributed by atoms with Gasteiger partial charge in [-0.25, -0.2) is 0 Å². The van der Waals surface area contributed by atoms with Gasteiger partial charge in [-0.1, -0.05) is 13.8 Å². The lowest BCUT2D eigenvalue weighted by molar-refractivity contribution is -0.137. The molecule has 110 valence electrons. The molecule has 5 heteroatoms. The van der Waals surface area contributed by atoms with Crippen LogP contribution in [0.15, 0.2) is 0 Å². The van der Waals surface area contributed by atoms with Crippen LogP contribution in [0.4, 0.5) is 0 Å². The lowest BCUT2D eigenvalue weighted by Gasteiger charge is -2.26. The summed E-state index contributed by atoms with van der Waals surface area (Å²) in [5.74, 6) is -0.602. The molecular formula is C14H26N2O3. The lowest BCUT2D eigenvalue weighted by atomic mass is 10.2. The van der Waals surface area contributed by atoms with Gasteiger partial charge < -0.3 is 10.0 Å². The third-order valence-corrected chi connectivity index (χ3v) is 3.88. The molecular weight excluding hydrogens is 244 g/mol. The molecule has 1 saturated heterocycles. The third-order valence-electron chi connectivity index (χ3n) is 3.88. The molecule has 0 aromatic carbocycles. The van der Waals surface area contributed by atoms with Crippen molar-refractivity contribution >= 4 is 11.9 Å². The molecule has 5 nitrogen and oxygen atoms in total. The summed E-state index contributed by atoms with van der Waals surface area (Å²) in [7, 11) is 0. The van der Waals surface area contributed by atoms with Gasteiger partial charge >= 0.3 is 5.97 Å². The standard InChI is InChI=1S/C14H26N2O3/c1-3-15(4-2)12-9-10-16(11-12)13(17)7-5-6-8-14(18)19/h12H,3-11H2,1-2H3,(H,18,19). The summed E-state index contributed by atoms with van der Waals surface area (Å²) in [5, 5.41) is 8.54. The van der Waals surface area contributed by atoms with E-state index in [2.05, 4.69) is 18.7 Å². The van der Waals surface area contributed by atoms with Gasteiger partial charge in [-0.05, 0) is 32.4 Å². The highest BCUT2D eigenvalue weighted by molar-refractivity contribution is 5.76. The molecule has 0 spiro atoms. The molecule has 1 atom stereocenters. The average Bonchev–Trinajstić information content (AvgIpc) is 2.85. The number of nitrogens with zero attached hydrogens (tertiary/aromatic N) is 2. The number of carbonyl (C=O) groups excluding carboxylic acids is 1. The first-order valence-corrected chi connectivity index (χ1v) is 7.32. The van der Waals surface area contributed by atoms with Crippen LogP contribution in [0.2, 0.25) is 0 Å². The monoisotopic (exact) mass is 270 g/mol. The van der Waals surface area contributed by atoms with Crippen molar-refractivity contribution in [1.29, 1.82) is 0 Å². The molecule has 1 amide bonds. The van der Waals surface area contributed by atoms with Crippen LogP contribution in [-0.2, 0) is 9.59 Å². The number of unbranched alkanes of at least 4 members (excludes halogenated alkanes) is 1. The highest BCUT2D eigenvalue weighted by Gasteiger charge is 2.28. The van der Waals surface area contributed by atoms with Crippen molar-refractivity contribution < 1.29 is 14.7 Å². The van der Waals surface area contributed by atoms with E-state index >= 15 is 0 Å². The van der Waals surface area contributed by atoms with Crippen molar-refractivity contribution in [3.05, 3.63) is 0 Å². The van der Waals surface area contributed by atoms with Gasteiger partial charge in [-0.15, -0.1) is 0 Å². The van der Waals surface area contributed by atoms with Gasteiger partial charge in [0.15, 0.2) is 0 Å². The van der Waals surface area contributed by atoms with Crippen LogP contribution in [0.3, 0.4) is 0 Å². The smallest absolute Gasteiger partial charge is 0.303 e. The predicted molar refractivity (Wildman–Crippen MR) is 74.0 cm³/mol. The summed E-state index contributed by atoms with van der Waals surface area (Å²) >= 11 is 0. The van der Waals surface area contributed by atoms with E-state index in [4.69, 9.17) is 5.11 Å². The van der Waals surface area contributed by atoms with Crippen molar-refractivity contribution in [1.82, 2.24) is 9.80 Å². The number of carbonyl (C=O) groups is 2. The van der Waals surface area contributed by atoms with Crippen molar-refractivity contribution in [2.75, 3.05) is 26.2 Å². The number of likely N-dealkylation sites (N-methyl/N-ethyl adjacent to an activating group) is 1. The normalized spacial score (nSPS) is 19.1. The second-order valence-corrected chi connectivity index (χ2v) is 5.10. The van der Waals surface area contributed by atoms with E-state index in [0.29, 0.717) is 25.3 Å². The molecule has 0 aromatic rings. The summed E-state index contributed by atoms with van der Waals surface area (Å²) in [5.41, 5.74) is 0. The van der Waals surface area contributed by atoms with Gasteiger partial charge in [0.05, 0.1) is 0 Å². The molecule has 0 bridgehead atoms. The number of amides is 1. The van der Waals surface area contributed by atoms with E-state index in [0.717, 1.165) is 32.6 Å². The molecule has 19 heavy (non-hydrogen) atoms. The molecule has 1 aliphatic heterocycles. The first kappa shape index (κ1) is 16.0. The number of carboxylic acids is 1. The molecule has 0 aliphatic carbocycles. The predicted octanol–water partition coefficient (Wildman–Crippen LogP) is 1.57. The minimum absolute atomic E-state index is 0.162. The first-order chi connectivity index (χ1) is 9.08. The molecule has 1 N–H and O–H groups in total. The van der Waals surface area contributed by atoms with Crippen LogP contribution in [0, 0.1) is 0 Å². The zero-order valence-corrected chi connectivity index (χ0v) is 12.1. The van der Waals surface area contributed by atoms with Crippen LogP contribution < -0.4 is 0 Å². The lowest BCUT2D eigenvalue weighted by Crippen LogP contribution is -2.38. The largest absolute Gasteiger partial charge is 0.481 e. The van der Waals surface area contributed by atoms with Crippen molar-refractivity contribution in [3.8, 4) is 0 Å². The molecule has 0 saturated carbocycles. The molecule has 0 aromatic heterocycles. The minimum atomic E-state index is -0.782. The van der Waals surface area contributed by atoms with Gasteiger partial charge in [0.25, 0.3) is 0 Å². The number of rotatable bonds is 8. The summed E-state index contributed by atoms with van der Waals surface area (Å²) in [4.78, 5) is 26.7. The Bertz CT molecular complexity index is 303. The molecule has 1 heterocycles. The maximum atomic E-state index is 12.0. The van der Waals surface area contributed by atoms with Gasteiger partial charge in [0.2, 0.25) is 5.91 Å². The van der Waals surface area contributed by atoms with E-state index < -0.39 is 5.97 Å². The van der Waals surface area contributed by atoms with Crippen LogP contribution >= 0.6 is 0 Å². The second kappa shape index (κ2) is 8.15. The van der Waals surface area contributed by atoms with Crippen LogP contribution in [0.5, 0.6) is 0 Å². The Morgan fingerprint density at radius 2 is 1.84 bits per heavy atom. The van der Waals surface area contributed by atoms with Crippen molar-refractivity contribution in [3.63, 3.8) is 0 Å². The number of carboxylic acid groups (broad SMARTS) is 1. The van der Waals surface area contributed by atoms with Gasteiger partial charge in [-0.2, -0.15) is 0 Å². The second-order valence-electron chi connectivity index (χ2n) is 5.10. The summed E-state index contributed by atoms with van der Waals surface area (Å²) < 4.78 is 0. The van der Waals surface area contributed by atoms with Gasteiger partial charge in [0, 0.05) is 32.0 Å². The number of hydrogen-bond acceptors (Lipinski definition) is 3.